The number of hydrogen-bond donors (Lipinski definition) is 1. The van der Waals surface area contributed by atoms with Crippen molar-refractivity contribution in [3.05, 3.63) is 30.3 Å². The first-order valence-electron chi connectivity index (χ1n) is 7.90. The van der Waals surface area contributed by atoms with E-state index in [0.29, 0.717) is 12.0 Å². The Hall–Kier alpha value is -1.06. The lowest BCUT2D eigenvalue weighted by Gasteiger charge is -2.32. The Kier molecular flexibility index (Phi) is 6.34. The highest BCUT2D eigenvalue weighted by Gasteiger charge is 2.26. The molecule has 1 N–H and O–H groups in total. The van der Waals surface area contributed by atoms with Gasteiger partial charge in [-0.25, -0.2) is 0 Å². The molecule has 0 aromatic heterocycles. The summed E-state index contributed by atoms with van der Waals surface area (Å²) in [5.41, 5.74) is 1.33. The second-order valence-corrected chi connectivity index (χ2v) is 5.65. The number of hydrogen-bond acceptors (Lipinski definition) is 3. The molecule has 20 heavy (non-hydrogen) atoms. The Balaban J connectivity index is 2.01. The van der Waals surface area contributed by atoms with Crippen LogP contribution in [0.1, 0.15) is 26.2 Å². The third kappa shape index (κ3) is 4.22. The van der Waals surface area contributed by atoms with E-state index in [0.717, 1.165) is 26.3 Å². The lowest BCUT2D eigenvalue weighted by Crippen LogP contribution is -2.45. The van der Waals surface area contributed by atoms with Crippen LogP contribution in [0.2, 0.25) is 0 Å². The van der Waals surface area contributed by atoms with E-state index in [2.05, 4.69) is 54.5 Å². The lowest BCUT2D eigenvalue weighted by atomic mass is 9.98. The van der Waals surface area contributed by atoms with Crippen molar-refractivity contribution in [2.24, 2.45) is 5.92 Å². The molecule has 0 aliphatic carbocycles. The third-order valence-electron chi connectivity index (χ3n) is 4.22. The molecule has 0 amide bonds. The fourth-order valence-corrected chi connectivity index (χ4v) is 2.90. The van der Waals surface area contributed by atoms with Crippen LogP contribution >= 0.6 is 0 Å². The van der Waals surface area contributed by atoms with Gasteiger partial charge in [0, 0.05) is 37.3 Å². The zero-order valence-corrected chi connectivity index (χ0v) is 12.8. The van der Waals surface area contributed by atoms with Gasteiger partial charge in [0.15, 0.2) is 0 Å². The lowest BCUT2D eigenvalue weighted by molar-refractivity contribution is 0.178. The maximum absolute atomic E-state index is 5.55. The smallest absolute Gasteiger partial charge is 0.0510 e. The molecule has 1 aromatic rings. The summed E-state index contributed by atoms with van der Waals surface area (Å²) < 4.78 is 5.55. The summed E-state index contributed by atoms with van der Waals surface area (Å²) in [5, 5.41) is 3.50. The van der Waals surface area contributed by atoms with Crippen LogP contribution < -0.4 is 10.2 Å². The SMILES string of the molecule is CCCCN(CC(NC)C1CCOC1)c1ccccc1. The third-order valence-corrected chi connectivity index (χ3v) is 4.22. The second kappa shape index (κ2) is 8.28. The molecular formula is C17H28N2O. The molecular weight excluding hydrogens is 248 g/mol. The number of rotatable bonds is 8. The molecule has 0 spiro atoms. The highest BCUT2D eigenvalue weighted by Crippen LogP contribution is 2.21. The van der Waals surface area contributed by atoms with Gasteiger partial charge in [0.1, 0.15) is 0 Å². The molecule has 1 fully saturated rings. The highest BCUT2D eigenvalue weighted by atomic mass is 16.5. The van der Waals surface area contributed by atoms with Gasteiger partial charge in [-0.1, -0.05) is 31.5 Å². The summed E-state index contributed by atoms with van der Waals surface area (Å²) in [6.45, 7) is 6.27. The Labute approximate surface area is 123 Å². The first kappa shape index (κ1) is 15.3. The van der Waals surface area contributed by atoms with Crippen LogP contribution in [0.5, 0.6) is 0 Å². The quantitative estimate of drug-likeness (QED) is 0.790. The maximum atomic E-state index is 5.55. The van der Waals surface area contributed by atoms with Crippen molar-refractivity contribution in [3.63, 3.8) is 0 Å². The summed E-state index contributed by atoms with van der Waals surface area (Å²) in [7, 11) is 2.08. The minimum absolute atomic E-state index is 0.509. The van der Waals surface area contributed by atoms with Gasteiger partial charge >= 0.3 is 0 Å². The van der Waals surface area contributed by atoms with Crippen LogP contribution in [0.25, 0.3) is 0 Å². The molecule has 1 aliphatic rings. The van der Waals surface area contributed by atoms with Crippen molar-refractivity contribution in [2.45, 2.75) is 32.2 Å². The van der Waals surface area contributed by atoms with Gasteiger partial charge < -0.3 is 15.0 Å². The maximum Gasteiger partial charge on any atom is 0.0510 e. The molecule has 0 bridgehead atoms. The molecule has 1 aromatic carbocycles. The van der Waals surface area contributed by atoms with Crippen LogP contribution in [0.15, 0.2) is 30.3 Å². The van der Waals surface area contributed by atoms with Gasteiger partial charge in [-0.2, -0.15) is 0 Å². The standard InChI is InChI=1S/C17H28N2O/c1-3-4-11-19(16-8-6-5-7-9-16)13-17(18-2)15-10-12-20-14-15/h5-9,15,17-18H,3-4,10-14H2,1-2H3. The molecule has 3 heteroatoms. The fraction of sp³-hybridized carbons (Fsp3) is 0.647. The molecule has 112 valence electrons. The van der Waals surface area contributed by atoms with E-state index in [1.165, 1.54) is 24.9 Å². The molecule has 0 saturated carbocycles. The molecule has 2 rings (SSSR count). The normalized spacial score (nSPS) is 20.0. The molecule has 2 atom stereocenters. The minimum Gasteiger partial charge on any atom is -0.381 e. The van der Waals surface area contributed by atoms with Crippen LogP contribution in [0.3, 0.4) is 0 Å². The van der Waals surface area contributed by atoms with E-state index in [1.54, 1.807) is 0 Å². The average Bonchev–Trinajstić information content (AvgIpc) is 3.03. The summed E-state index contributed by atoms with van der Waals surface area (Å²) in [5.74, 6) is 0.646. The summed E-state index contributed by atoms with van der Waals surface area (Å²) in [6.07, 6.45) is 3.66. The molecule has 1 aliphatic heterocycles. The molecule has 0 radical (unpaired) electrons. The number of benzene rings is 1. The molecule has 3 nitrogen and oxygen atoms in total. The van der Waals surface area contributed by atoms with E-state index in [4.69, 9.17) is 4.74 Å². The number of anilines is 1. The van der Waals surface area contributed by atoms with E-state index < -0.39 is 0 Å². The Bertz CT molecular complexity index is 363. The molecule has 1 heterocycles. The molecule has 2 unspecified atom stereocenters. The van der Waals surface area contributed by atoms with Crippen LogP contribution in [0.4, 0.5) is 5.69 Å². The second-order valence-electron chi connectivity index (χ2n) is 5.65. The van der Waals surface area contributed by atoms with E-state index >= 15 is 0 Å². The van der Waals surface area contributed by atoms with Crippen LogP contribution in [0, 0.1) is 5.92 Å². The van der Waals surface area contributed by atoms with Crippen molar-refractivity contribution in [3.8, 4) is 0 Å². The number of nitrogens with zero attached hydrogens (tertiary/aromatic N) is 1. The van der Waals surface area contributed by atoms with Gasteiger partial charge in [-0.05, 0) is 32.0 Å². The Morgan fingerprint density at radius 2 is 2.15 bits per heavy atom. The monoisotopic (exact) mass is 276 g/mol. The van der Waals surface area contributed by atoms with Crippen molar-refractivity contribution in [1.29, 1.82) is 0 Å². The van der Waals surface area contributed by atoms with E-state index in [-0.39, 0.29) is 0 Å². The largest absolute Gasteiger partial charge is 0.381 e. The number of para-hydroxylation sites is 1. The predicted octanol–water partition coefficient (Wildman–Crippen LogP) is 2.92. The number of nitrogens with one attached hydrogen (secondary N) is 1. The topological polar surface area (TPSA) is 24.5 Å². The molecule has 1 saturated heterocycles. The first-order chi connectivity index (χ1) is 9.85. The number of unbranched alkanes of at least 4 members (excludes halogenated alkanes) is 1. The number of ether oxygens (including phenoxy) is 1. The van der Waals surface area contributed by atoms with Crippen LogP contribution in [-0.2, 0) is 4.74 Å². The highest BCUT2D eigenvalue weighted by molar-refractivity contribution is 5.46. The van der Waals surface area contributed by atoms with Gasteiger partial charge in [0.25, 0.3) is 0 Å². The van der Waals surface area contributed by atoms with E-state index in [9.17, 15) is 0 Å². The van der Waals surface area contributed by atoms with Gasteiger partial charge in [0.05, 0.1) is 6.61 Å². The van der Waals surface area contributed by atoms with Gasteiger partial charge in [0.2, 0.25) is 0 Å². The fourth-order valence-electron chi connectivity index (χ4n) is 2.90. The van der Waals surface area contributed by atoms with Crippen molar-refractivity contribution in [1.82, 2.24) is 5.32 Å². The van der Waals surface area contributed by atoms with E-state index in [1.807, 2.05) is 0 Å². The zero-order chi connectivity index (χ0) is 14.2. The van der Waals surface area contributed by atoms with Crippen molar-refractivity contribution < 1.29 is 4.74 Å². The minimum atomic E-state index is 0.509. The van der Waals surface area contributed by atoms with Crippen molar-refractivity contribution >= 4 is 5.69 Å². The van der Waals surface area contributed by atoms with Gasteiger partial charge in [-0.3, -0.25) is 0 Å². The Morgan fingerprint density at radius 1 is 1.35 bits per heavy atom. The summed E-state index contributed by atoms with van der Waals surface area (Å²) in [4.78, 5) is 2.52. The van der Waals surface area contributed by atoms with Crippen molar-refractivity contribution in [2.75, 3.05) is 38.3 Å². The van der Waals surface area contributed by atoms with Crippen LogP contribution in [-0.4, -0.2) is 39.4 Å². The number of likely N-dealkylation sites (N-methyl/N-ethyl adjacent to an activating group) is 1. The first-order valence-corrected chi connectivity index (χ1v) is 7.90. The summed E-state index contributed by atoms with van der Waals surface area (Å²) in [6, 6.07) is 11.3. The zero-order valence-electron chi connectivity index (χ0n) is 12.8. The Morgan fingerprint density at radius 3 is 2.75 bits per heavy atom. The predicted molar refractivity (Wildman–Crippen MR) is 85.3 cm³/mol. The summed E-state index contributed by atoms with van der Waals surface area (Å²) >= 11 is 0. The van der Waals surface area contributed by atoms with Gasteiger partial charge in [-0.15, -0.1) is 0 Å². The average molecular weight is 276 g/mol.